The van der Waals surface area contributed by atoms with Crippen molar-refractivity contribution in [3.63, 3.8) is 0 Å². The molecule has 17 heavy (non-hydrogen) atoms. The Morgan fingerprint density at radius 1 is 1.35 bits per heavy atom. The molecule has 0 unspecified atom stereocenters. The van der Waals surface area contributed by atoms with Crippen molar-refractivity contribution in [2.45, 2.75) is 19.9 Å². The first-order valence-corrected chi connectivity index (χ1v) is 6.47. The average Bonchev–Trinajstić information content (AvgIpc) is 2.79. The van der Waals surface area contributed by atoms with E-state index in [1.165, 1.54) is 16.1 Å². The van der Waals surface area contributed by atoms with Gasteiger partial charge in [0.05, 0.1) is 6.54 Å². The lowest BCUT2D eigenvalue weighted by molar-refractivity contribution is 1.10. The second-order valence-electron chi connectivity index (χ2n) is 3.50. The van der Waals surface area contributed by atoms with Crippen LogP contribution < -0.4 is 11.1 Å². The normalized spacial score (nSPS) is 10.5. The highest BCUT2D eigenvalue weighted by molar-refractivity contribution is 7.12. The highest BCUT2D eigenvalue weighted by Gasteiger charge is 2.06. The summed E-state index contributed by atoms with van der Waals surface area (Å²) in [6.07, 6.45) is 2.46. The van der Waals surface area contributed by atoms with Crippen molar-refractivity contribution < 1.29 is 0 Å². The van der Waals surface area contributed by atoms with E-state index >= 15 is 0 Å². The number of nitrogen functional groups attached to an aromatic ring is 1. The zero-order chi connectivity index (χ0) is 12.3. The van der Waals surface area contributed by atoms with E-state index in [0.717, 1.165) is 6.42 Å². The number of nitrogens with one attached hydrogen (secondary N) is 1. The molecule has 0 aliphatic carbocycles. The van der Waals surface area contributed by atoms with Crippen molar-refractivity contribution in [1.29, 1.82) is 0 Å². The summed E-state index contributed by atoms with van der Waals surface area (Å²) in [6.45, 7) is 2.84. The first-order chi connectivity index (χ1) is 8.20. The topological polar surface area (TPSA) is 63.8 Å². The number of nitrogens with zero attached hydrogens (tertiary/aromatic N) is 2. The lowest BCUT2D eigenvalue weighted by atomic mass is 10.3. The minimum Gasteiger partial charge on any atom is -0.393 e. The molecule has 2 rings (SSSR count). The number of rotatable bonds is 4. The fraction of sp³-hybridized carbons (Fsp3) is 0.273. The molecule has 2 aromatic rings. The van der Waals surface area contributed by atoms with Gasteiger partial charge >= 0.3 is 0 Å². The Morgan fingerprint density at radius 2 is 2.12 bits per heavy atom. The third-order valence-corrected chi connectivity index (χ3v) is 3.86. The molecule has 0 saturated carbocycles. The van der Waals surface area contributed by atoms with Crippen LogP contribution in [0.1, 0.15) is 16.7 Å². The Labute approximate surface area is 109 Å². The van der Waals surface area contributed by atoms with E-state index < -0.39 is 0 Å². The minimum atomic E-state index is 0.280. The molecule has 0 radical (unpaired) electrons. The van der Waals surface area contributed by atoms with Crippen LogP contribution in [0.2, 0.25) is 5.15 Å². The smallest absolute Gasteiger partial charge is 0.157 e. The third-order valence-electron chi connectivity index (χ3n) is 2.33. The van der Waals surface area contributed by atoms with Crippen LogP contribution in [0.25, 0.3) is 0 Å². The molecule has 0 bridgehead atoms. The van der Waals surface area contributed by atoms with Crippen LogP contribution in [0.4, 0.5) is 11.5 Å². The van der Waals surface area contributed by atoms with Crippen LogP contribution in [0.5, 0.6) is 0 Å². The molecule has 0 aliphatic heterocycles. The van der Waals surface area contributed by atoms with Crippen molar-refractivity contribution in [3.05, 3.63) is 33.4 Å². The Bertz CT molecular complexity index is 512. The average molecular weight is 269 g/mol. The second kappa shape index (κ2) is 5.33. The summed E-state index contributed by atoms with van der Waals surface area (Å²) in [7, 11) is 0. The van der Waals surface area contributed by atoms with E-state index in [4.69, 9.17) is 17.3 Å². The molecule has 0 saturated heterocycles. The number of halogens is 1. The van der Waals surface area contributed by atoms with Crippen LogP contribution >= 0.6 is 22.9 Å². The quantitative estimate of drug-likeness (QED) is 0.837. The number of anilines is 2. The van der Waals surface area contributed by atoms with Gasteiger partial charge in [0, 0.05) is 9.75 Å². The van der Waals surface area contributed by atoms with Gasteiger partial charge in [0.25, 0.3) is 0 Å². The molecule has 0 aliphatic rings. The van der Waals surface area contributed by atoms with Crippen molar-refractivity contribution in [1.82, 2.24) is 9.97 Å². The van der Waals surface area contributed by atoms with E-state index in [-0.39, 0.29) is 5.15 Å². The summed E-state index contributed by atoms with van der Waals surface area (Å²) in [6, 6.07) is 4.24. The molecule has 0 spiro atoms. The zero-order valence-corrected chi connectivity index (χ0v) is 11.0. The first-order valence-electron chi connectivity index (χ1n) is 5.28. The van der Waals surface area contributed by atoms with Gasteiger partial charge in [-0.15, -0.1) is 11.3 Å². The number of hydrogen-bond acceptors (Lipinski definition) is 5. The zero-order valence-electron chi connectivity index (χ0n) is 9.40. The molecule has 0 amide bonds. The summed E-state index contributed by atoms with van der Waals surface area (Å²) in [5.41, 5.74) is 6.15. The highest BCUT2D eigenvalue weighted by atomic mass is 35.5. The van der Waals surface area contributed by atoms with Crippen molar-refractivity contribution in [2.24, 2.45) is 0 Å². The molecule has 0 fully saturated rings. The summed E-state index contributed by atoms with van der Waals surface area (Å²) in [5, 5.41) is 3.44. The van der Waals surface area contributed by atoms with E-state index in [9.17, 15) is 0 Å². The van der Waals surface area contributed by atoms with Gasteiger partial charge in [-0.2, -0.15) is 0 Å². The van der Waals surface area contributed by atoms with Gasteiger partial charge in [0.2, 0.25) is 0 Å². The molecule has 2 heterocycles. The van der Waals surface area contributed by atoms with Gasteiger partial charge in [-0.25, -0.2) is 9.97 Å². The second-order valence-corrected chi connectivity index (χ2v) is 5.11. The molecule has 6 heteroatoms. The Kier molecular flexibility index (Phi) is 3.81. The monoisotopic (exact) mass is 268 g/mol. The van der Waals surface area contributed by atoms with Crippen molar-refractivity contribution >= 4 is 34.4 Å². The fourth-order valence-electron chi connectivity index (χ4n) is 1.39. The molecular weight excluding hydrogens is 256 g/mol. The first kappa shape index (κ1) is 12.1. The maximum atomic E-state index is 5.81. The van der Waals surface area contributed by atoms with Gasteiger partial charge in [0.1, 0.15) is 12.0 Å². The number of thiophene rings is 1. The van der Waals surface area contributed by atoms with E-state index in [1.54, 1.807) is 11.3 Å². The van der Waals surface area contributed by atoms with Crippen LogP contribution in [0, 0.1) is 0 Å². The van der Waals surface area contributed by atoms with Gasteiger partial charge in [-0.3, -0.25) is 0 Å². The van der Waals surface area contributed by atoms with Gasteiger partial charge in [0.15, 0.2) is 11.0 Å². The summed E-state index contributed by atoms with van der Waals surface area (Å²) in [4.78, 5) is 10.5. The predicted octanol–water partition coefficient (Wildman–Crippen LogP) is 2.95. The number of aryl methyl sites for hydroxylation is 1. The van der Waals surface area contributed by atoms with Crippen molar-refractivity contribution in [2.75, 3.05) is 11.1 Å². The number of aromatic nitrogens is 2. The van der Waals surface area contributed by atoms with Crippen LogP contribution in [0.15, 0.2) is 18.5 Å². The largest absolute Gasteiger partial charge is 0.393 e. The van der Waals surface area contributed by atoms with Gasteiger partial charge in [-0.1, -0.05) is 18.5 Å². The van der Waals surface area contributed by atoms with Crippen LogP contribution in [0.3, 0.4) is 0 Å². The SMILES string of the molecule is CCc1ccc(CNc2ncnc(Cl)c2N)s1. The molecule has 2 aromatic heterocycles. The molecule has 3 N–H and O–H groups in total. The summed E-state index contributed by atoms with van der Waals surface area (Å²) in [5.74, 6) is 0.580. The molecule has 90 valence electrons. The maximum Gasteiger partial charge on any atom is 0.157 e. The van der Waals surface area contributed by atoms with Gasteiger partial charge in [-0.05, 0) is 18.6 Å². The Balaban J connectivity index is 2.04. The Morgan fingerprint density at radius 3 is 2.82 bits per heavy atom. The number of hydrogen-bond donors (Lipinski definition) is 2. The standard InChI is InChI=1S/C11H13ClN4S/c1-2-7-3-4-8(17-7)5-14-11-9(13)10(12)15-6-16-11/h3-4,6H,2,5,13H2,1H3,(H,14,15,16). The lowest BCUT2D eigenvalue weighted by Gasteiger charge is -2.06. The lowest BCUT2D eigenvalue weighted by Crippen LogP contribution is -2.04. The molecule has 4 nitrogen and oxygen atoms in total. The summed E-state index contributed by atoms with van der Waals surface area (Å²) >= 11 is 7.59. The minimum absolute atomic E-state index is 0.280. The van der Waals surface area contributed by atoms with Crippen LogP contribution in [-0.2, 0) is 13.0 Å². The van der Waals surface area contributed by atoms with Crippen LogP contribution in [-0.4, -0.2) is 9.97 Å². The molecular formula is C11H13ClN4S. The number of nitrogens with two attached hydrogens (primary N) is 1. The molecule has 0 aromatic carbocycles. The third kappa shape index (κ3) is 2.87. The fourth-order valence-corrected chi connectivity index (χ4v) is 2.42. The maximum absolute atomic E-state index is 5.81. The van der Waals surface area contributed by atoms with Gasteiger partial charge < -0.3 is 11.1 Å². The van der Waals surface area contributed by atoms with E-state index in [0.29, 0.717) is 18.1 Å². The Hall–Kier alpha value is -1.33. The van der Waals surface area contributed by atoms with E-state index in [2.05, 4.69) is 34.3 Å². The highest BCUT2D eigenvalue weighted by Crippen LogP contribution is 2.23. The predicted molar refractivity (Wildman–Crippen MR) is 72.5 cm³/mol. The van der Waals surface area contributed by atoms with E-state index in [1.807, 2.05) is 0 Å². The summed E-state index contributed by atoms with van der Waals surface area (Å²) < 4.78 is 0. The molecule has 0 atom stereocenters. The van der Waals surface area contributed by atoms with Crippen molar-refractivity contribution in [3.8, 4) is 0 Å².